The predicted molar refractivity (Wildman–Crippen MR) is 60.7 cm³/mol. The lowest BCUT2D eigenvalue weighted by molar-refractivity contribution is 0.469. The number of benzene rings is 2. The second-order valence-corrected chi connectivity index (χ2v) is 4.37. The molecule has 3 nitrogen and oxygen atoms in total. The van der Waals surface area contributed by atoms with Crippen molar-refractivity contribution < 1.29 is 18.3 Å². The maximum absolute atomic E-state index is 13.6. The summed E-state index contributed by atoms with van der Waals surface area (Å²) in [7, 11) is 0. The third-order valence-corrected chi connectivity index (χ3v) is 2.93. The van der Waals surface area contributed by atoms with Crippen LogP contribution in [0.4, 0.5) is 4.39 Å². The quantitative estimate of drug-likeness (QED) is 0.834. The van der Waals surface area contributed by atoms with E-state index in [-0.39, 0.29) is 16.2 Å². The number of hydrogen-bond donors (Lipinski definition) is 1. The summed E-state index contributed by atoms with van der Waals surface area (Å²) < 4.78 is 35.1. The molecule has 1 atom stereocenters. The highest BCUT2D eigenvalue weighted by atomic mass is 32.2. The van der Waals surface area contributed by atoms with Crippen molar-refractivity contribution in [3.63, 3.8) is 0 Å². The van der Waals surface area contributed by atoms with Crippen LogP contribution in [0.3, 0.4) is 0 Å². The van der Waals surface area contributed by atoms with Gasteiger partial charge in [0.25, 0.3) is 0 Å². The zero-order valence-corrected chi connectivity index (χ0v) is 9.41. The fourth-order valence-corrected chi connectivity index (χ4v) is 1.92. The number of halogens is 1. The van der Waals surface area contributed by atoms with Crippen LogP contribution >= 0.6 is 0 Å². The lowest BCUT2D eigenvalue weighted by Crippen LogP contribution is -1.90. The molecule has 0 saturated heterocycles. The van der Waals surface area contributed by atoms with Crippen molar-refractivity contribution in [2.75, 3.05) is 0 Å². The number of phenolic OH excluding ortho intramolecular Hbond substituents is 1. The van der Waals surface area contributed by atoms with Crippen molar-refractivity contribution in [1.29, 1.82) is 0 Å². The molecule has 2 aromatic carbocycles. The molecule has 88 valence electrons. The maximum atomic E-state index is 13.6. The van der Waals surface area contributed by atoms with E-state index in [0.29, 0.717) is 5.56 Å². The first kappa shape index (κ1) is 11.8. The molecular formula is C12H8FO3S-. The smallest absolute Gasteiger partial charge is 0.134 e. The van der Waals surface area contributed by atoms with Gasteiger partial charge in [-0.15, -0.1) is 0 Å². The molecule has 0 heterocycles. The van der Waals surface area contributed by atoms with Gasteiger partial charge < -0.3 is 9.66 Å². The second-order valence-electron chi connectivity index (χ2n) is 3.43. The molecule has 0 spiro atoms. The molecular weight excluding hydrogens is 243 g/mol. The number of hydrogen-bond acceptors (Lipinski definition) is 3. The van der Waals surface area contributed by atoms with Crippen molar-refractivity contribution in [2.45, 2.75) is 4.90 Å². The molecule has 0 radical (unpaired) electrons. The van der Waals surface area contributed by atoms with Gasteiger partial charge in [-0.3, -0.25) is 4.21 Å². The van der Waals surface area contributed by atoms with Gasteiger partial charge in [0.2, 0.25) is 0 Å². The molecule has 5 heteroatoms. The number of aromatic hydroxyl groups is 1. The van der Waals surface area contributed by atoms with E-state index < -0.39 is 16.9 Å². The zero-order valence-electron chi connectivity index (χ0n) is 8.59. The molecule has 0 aliphatic rings. The lowest BCUT2D eigenvalue weighted by Gasteiger charge is -2.08. The average molecular weight is 251 g/mol. The SMILES string of the molecule is O=S([O-])c1cccc(-c2ccc(O)cc2F)c1. The highest BCUT2D eigenvalue weighted by Gasteiger charge is 2.06. The Balaban J connectivity index is 2.53. The summed E-state index contributed by atoms with van der Waals surface area (Å²) >= 11 is -2.35. The fourth-order valence-electron chi connectivity index (χ4n) is 1.51. The third-order valence-electron chi connectivity index (χ3n) is 2.29. The molecule has 2 aromatic rings. The van der Waals surface area contributed by atoms with Crippen LogP contribution in [0.15, 0.2) is 47.4 Å². The zero-order chi connectivity index (χ0) is 12.4. The van der Waals surface area contributed by atoms with E-state index in [2.05, 4.69) is 0 Å². The number of rotatable bonds is 2. The lowest BCUT2D eigenvalue weighted by atomic mass is 10.1. The summed E-state index contributed by atoms with van der Waals surface area (Å²) in [6.07, 6.45) is 0. The van der Waals surface area contributed by atoms with Gasteiger partial charge in [0.1, 0.15) is 11.6 Å². The summed E-state index contributed by atoms with van der Waals surface area (Å²) in [5.41, 5.74) is 0.694. The van der Waals surface area contributed by atoms with Crippen molar-refractivity contribution in [3.8, 4) is 16.9 Å². The molecule has 0 saturated carbocycles. The minimum Gasteiger partial charge on any atom is -0.768 e. The van der Waals surface area contributed by atoms with Crippen LogP contribution in [-0.4, -0.2) is 13.9 Å². The Hall–Kier alpha value is -1.72. The van der Waals surface area contributed by atoms with E-state index in [1.165, 1.54) is 30.3 Å². The Labute approximate surface area is 99.8 Å². The minimum absolute atomic E-state index is 0.0926. The van der Waals surface area contributed by atoms with Gasteiger partial charge in [0.15, 0.2) is 0 Å². The van der Waals surface area contributed by atoms with Crippen LogP contribution in [0.1, 0.15) is 0 Å². The predicted octanol–water partition coefficient (Wildman–Crippen LogP) is 2.44. The van der Waals surface area contributed by atoms with Crippen LogP contribution in [0.2, 0.25) is 0 Å². The first-order valence-electron chi connectivity index (χ1n) is 4.76. The highest BCUT2D eigenvalue weighted by molar-refractivity contribution is 7.79. The fraction of sp³-hybridized carbons (Fsp3) is 0. The topological polar surface area (TPSA) is 60.4 Å². The van der Waals surface area contributed by atoms with Crippen LogP contribution in [0, 0.1) is 5.82 Å². The Morgan fingerprint density at radius 3 is 2.59 bits per heavy atom. The normalized spacial score (nSPS) is 12.4. The third kappa shape index (κ3) is 2.51. The van der Waals surface area contributed by atoms with Crippen LogP contribution in [-0.2, 0) is 11.1 Å². The monoisotopic (exact) mass is 251 g/mol. The van der Waals surface area contributed by atoms with E-state index in [4.69, 9.17) is 5.11 Å². The van der Waals surface area contributed by atoms with Gasteiger partial charge in [-0.25, -0.2) is 4.39 Å². The summed E-state index contributed by atoms with van der Waals surface area (Å²) in [6, 6.07) is 9.66. The summed E-state index contributed by atoms with van der Waals surface area (Å²) in [4.78, 5) is 0.0926. The molecule has 0 aliphatic carbocycles. The van der Waals surface area contributed by atoms with Gasteiger partial charge >= 0.3 is 0 Å². The Morgan fingerprint density at radius 2 is 1.94 bits per heavy atom. The maximum Gasteiger partial charge on any atom is 0.134 e. The average Bonchev–Trinajstić information content (AvgIpc) is 2.29. The molecule has 1 unspecified atom stereocenters. The molecule has 2 rings (SSSR count). The van der Waals surface area contributed by atoms with Crippen LogP contribution < -0.4 is 0 Å². The largest absolute Gasteiger partial charge is 0.768 e. The van der Waals surface area contributed by atoms with Crippen molar-refractivity contribution in [2.24, 2.45) is 0 Å². The second kappa shape index (κ2) is 4.65. The van der Waals surface area contributed by atoms with Gasteiger partial charge in [-0.05, 0) is 40.9 Å². The first-order chi connectivity index (χ1) is 8.08. The highest BCUT2D eigenvalue weighted by Crippen LogP contribution is 2.26. The van der Waals surface area contributed by atoms with E-state index in [1.54, 1.807) is 6.07 Å². The molecule has 17 heavy (non-hydrogen) atoms. The number of phenols is 1. The van der Waals surface area contributed by atoms with Crippen LogP contribution in [0.5, 0.6) is 5.75 Å². The van der Waals surface area contributed by atoms with Crippen molar-refractivity contribution >= 4 is 11.1 Å². The van der Waals surface area contributed by atoms with E-state index in [9.17, 15) is 13.2 Å². The molecule has 0 aliphatic heterocycles. The van der Waals surface area contributed by atoms with E-state index in [1.807, 2.05) is 0 Å². The van der Waals surface area contributed by atoms with Gasteiger partial charge in [-0.2, -0.15) is 0 Å². The van der Waals surface area contributed by atoms with Crippen molar-refractivity contribution in [1.82, 2.24) is 0 Å². The van der Waals surface area contributed by atoms with E-state index >= 15 is 0 Å². The molecule has 1 N–H and O–H groups in total. The summed E-state index contributed by atoms with van der Waals surface area (Å²) in [6.45, 7) is 0. The van der Waals surface area contributed by atoms with Gasteiger partial charge in [0, 0.05) is 16.5 Å². The first-order valence-corrected chi connectivity index (χ1v) is 5.83. The Bertz CT molecular complexity index is 584. The summed E-state index contributed by atoms with van der Waals surface area (Å²) in [5, 5.41) is 9.09. The Kier molecular flexibility index (Phi) is 3.21. The van der Waals surface area contributed by atoms with Gasteiger partial charge in [-0.1, -0.05) is 12.1 Å². The summed E-state index contributed by atoms with van der Waals surface area (Å²) in [5.74, 6) is -0.770. The molecule has 0 fully saturated rings. The molecule has 0 amide bonds. The van der Waals surface area contributed by atoms with Gasteiger partial charge in [0.05, 0.1) is 0 Å². The van der Waals surface area contributed by atoms with E-state index in [0.717, 1.165) is 6.07 Å². The Morgan fingerprint density at radius 1 is 1.18 bits per heavy atom. The van der Waals surface area contributed by atoms with Crippen molar-refractivity contribution in [3.05, 3.63) is 48.3 Å². The molecule has 0 bridgehead atoms. The standard InChI is InChI=1S/C12H9FO3S/c13-12-7-9(14)4-5-11(12)8-2-1-3-10(6-8)17(15)16/h1-7,14H,(H,15,16)/p-1. The van der Waals surface area contributed by atoms with Crippen LogP contribution in [0.25, 0.3) is 11.1 Å². The minimum atomic E-state index is -2.35. The molecule has 0 aromatic heterocycles.